The molecule has 16 aromatic carbocycles. The van der Waals surface area contributed by atoms with E-state index >= 15 is 0 Å². The zero-order chi connectivity index (χ0) is 75.0. The van der Waals surface area contributed by atoms with Crippen LogP contribution in [0.25, 0.3) is 189 Å². The van der Waals surface area contributed by atoms with Gasteiger partial charge in [0.15, 0.2) is 0 Å². The molecule has 8 nitrogen and oxygen atoms in total. The van der Waals surface area contributed by atoms with Gasteiger partial charge in [-0.05, 0) is 175 Å². The molecule has 4 heterocycles. The van der Waals surface area contributed by atoms with Gasteiger partial charge in [0.05, 0.1) is 39.8 Å². The van der Waals surface area contributed by atoms with Gasteiger partial charge in [0, 0.05) is 26.3 Å². The van der Waals surface area contributed by atoms with Gasteiger partial charge < -0.3 is 19.2 Å². The molecule has 20 aromatic rings. The Morgan fingerprint density at radius 2 is 0.789 bits per heavy atom. The van der Waals surface area contributed by atoms with Crippen LogP contribution in [0.2, 0.25) is 0 Å². The third-order valence-corrected chi connectivity index (χ3v) is 22.9. The number of halogens is 3. The molecule has 0 saturated heterocycles. The number of pyridine rings is 1. The van der Waals surface area contributed by atoms with E-state index < -0.39 is 12.0 Å². The Kier molecular flexibility index (Phi) is 16.4. The molecule has 543 valence electrons. The maximum Gasteiger partial charge on any atom is 0.429 e. The monoisotopic (exact) mass is 1650 g/mol. The van der Waals surface area contributed by atoms with Gasteiger partial charge in [0.1, 0.15) is 5.82 Å². The summed E-state index contributed by atoms with van der Waals surface area (Å²) in [5, 5.41) is 26.6. The Balaban J connectivity index is 0.000000120. The number of alkyl halides is 3. The van der Waals surface area contributed by atoms with E-state index in [4.69, 9.17) is 0 Å². The smallest absolute Gasteiger partial charge is 0.413 e. The van der Waals surface area contributed by atoms with Crippen molar-refractivity contribution >= 4 is 109 Å². The minimum Gasteiger partial charge on any atom is -0.413 e. The molecule has 114 heavy (non-hydrogen) atoms. The van der Waals surface area contributed by atoms with Crippen LogP contribution < -0.4 is 14.2 Å². The fraction of sp³-hybridized carbons (Fsp3) is 0.0490. The van der Waals surface area contributed by atoms with Crippen LogP contribution in [0.4, 0.5) is 13.2 Å². The maximum atomic E-state index is 12.1. The molecule has 1 radical (unpaired) electrons. The van der Waals surface area contributed by atoms with Gasteiger partial charge in [-0.2, -0.15) is 37.4 Å². The summed E-state index contributed by atoms with van der Waals surface area (Å²) in [6.07, 6.45) is 22.6. The number of nitrogens with zero attached hydrogens (tertiary/aromatic N) is 8. The zero-order valence-corrected chi connectivity index (χ0v) is 63.4. The van der Waals surface area contributed by atoms with Gasteiger partial charge in [-0.3, -0.25) is 19.2 Å². The molecule has 24 rings (SSSR count). The van der Waals surface area contributed by atoms with Crippen molar-refractivity contribution in [3.63, 3.8) is 0 Å². The summed E-state index contributed by atoms with van der Waals surface area (Å²) in [7, 11) is 0. The summed E-state index contributed by atoms with van der Waals surface area (Å²) in [6.45, 7) is 0. The molecule has 4 aliphatic carbocycles. The van der Waals surface area contributed by atoms with E-state index in [2.05, 4.69) is 367 Å². The molecule has 0 atom stereocenters. The van der Waals surface area contributed by atoms with Crippen molar-refractivity contribution in [3.8, 4) is 79.3 Å². The van der Waals surface area contributed by atoms with Crippen LogP contribution in [0.3, 0.4) is 0 Å². The standard InChI is InChI=1S/2C47H29N2.C8H4F3N4.Ir/c2*1-3-9-36(10-4-1)46-47(37-11-5-2-6-12-37)49(41-28-24-35-20-18-31-14-8-16-33-22-26-39(41)45(35)43(31)33)29-48(46)40-27-23-34-19-17-30-13-7-15-32-21-25-38(40)44(34)42(30)32;9-8(10,11)7-13-6(14-15-7)5-3-1-2-4-12-5;/h2*1-13,15-19,21-27H,14,20H2;1-4H;/q3*-1;. The van der Waals surface area contributed by atoms with Crippen LogP contribution in [0, 0.1) is 24.8 Å². The normalized spacial score (nSPS) is 13.2. The summed E-state index contributed by atoms with van der Waals surface area (Å²) in [6, 6.07) is 110. The van der Waals surface area contributed by atoms with E-state index in [9.17, 15) is 13.2 Å². The minimum absolute atomic E-state index is 0. The second-order valence-electron chi connectivity index (χ2n) is 29.3. The summed E-state index contributed by atoms with van der Waals surface area (Å²) in [5.41, 5.74) is 24.3. The van der Waals surface area contributed by atoms with E-state index in [0.717, 1.165) is 93.5 Å². The van der Waals surface area contributed by atoms with Crippen LogP contribution in [0.5, 0.6) is 0 Å². The largest absolute Gasteiger partial charge is 0.429 e. The van der Waals surface area contributed by atoms with E-state index in [1.54, 1.807) is 12.1 Å². The Hall–Kier alpha value is -13.8. The first-order valence-corrected chi connectivity index (χ1v) is 38.1. The number of hydrogen-bond donors (Lipinski definition) is 0. The molecule has 4 aromatic heterocycles. The number of rotatable bonds is 9. The molecule has 4 aliphatic rings. The maximum absolute atomic E-state index is 12.1. The molecule has 0 unspecified atom stereocenters. The summed E-state index contributed by atoms with van der Waals surface area (Å²) >= 11 is 0. The Morgan fingerprint density at radius 1 is 0.386 bits per heavy atom. The van der Waals surface area contributed by atoms with E-state index in [1.165, 1.54) is 143 Å². The summed E-state index contributed by atoms with van der Waals surface area (Å²) in [5.74, 6) is -1.37. The number of imidazole rings is 2. The molecular formula is C102H62F3IrN8-3. The van der Waals surface area contributed by atoms with E-state index in [0.29, 0.717) is 0 Å². The molecule has 0 saturated carbocycles. The molecule has 0 bridgehead atoms. The van der Waals surface area contributed by atoms with Crippen LogP contribution in [0.15, 0.2) is 316 Å². The number of aromatic nitrogens is 8. The van der Waals surface area contributed by atoms with Gasteiger partial charge in [0.2, 0.25) is 0 Å². The van der Waals surface area contributed by atoms with Crippen molar-refractivity contribution in [3.05, 3.63) is 380 Å². The fourth-order valence-electron chi connectivity index (χ4n) is 18.0. The van der Waals surface area contributed by atoms with Crippen molar-refractivity contribution in [2.45, 2.75) is 31.9 Å². The number of benzene rings is 16. The van der Waals surface area contributed by atoms with Gasteiger partial charge >= 0.3 is 6.18 Å². The van der Waals surface area contributed by atoms with Crippen molar-refractivity contribution < 1.29 is 42.4 Å². The van der Waals surface area contributed by atoms with E-state index in [1.807, 2.05) is 0 Å². The van der Waals surface area contributed by atoms with Gasteiger partial charge in [-0.1, -0.05) is 286 Å². The predicted molar refractivity (Wildman–Crippen MR) is 448 cm³/mol. The number of hydrogen-bond acceptors (Lipinski definition) is 3. The molecule has 0 spiro atoms. The molecule has 0 fully saturated rings. The van der Waals surface area contributed by atoms with Crippen molar-refractivity contribution in [2.24, 2.45) is 0 Å². The van der Waals surface area contributed by atoms with Crippen LogP contribution >= 0.6 is 0 Å². The molecular weight excluding hydrogens is 1590 g/mol. The average molecular weight is 1650 g/mol. The summed E-state index contributed by atoms with van der Waals surface area (Å²) in [4.78, 5) is 7.05. The average Bonchev–Trinajstić information content (AvgIpc) is 1.10. The summed E-state index contributed by atoms with van der Waals surface area (Å²) < 4.78 is 45.5. The SMILES string of the molecule is FC(F)(F)c1n[n-]c(-c2ccccn2)n1.[Ir].[c-]1cc2c3c4c(ccc3c1-n1[c-][n+](-c3ccc5ccc6cccc7ccc3c5c67)c(-c3ccccc3)c1-c1ccccc1)C=CCC4=CC2.[c-]1cc2c3c4c(ccc3c1-n1[c-][n+](-c3ccc5ccc6cccc7ccc3c5c67)c(-c3ccccc3)c1-c1ccccc1)C=CCC4=CC2. The first-order chi connectivity index (χ1) is 55.7. The topological polar surface area (TPSA) is 70.4 Å². The molecule has 12 heteroatoms. The Morgan fingerprint density at radius 3 is 1.21 bits per heavy atom. The first kappa shape index (κ1) is 68.3. The van der Waals surface area contributed by atoms with Crippen molar-refractivity contribution in [1.29, 1.82) is 0 Å². The van der Waals surface area contributed by atoms with Crippen molar-refractivity contribution in [1.82, 2.24) is 29.3 Å². The van der Waals surface area contributed by atoms with Gasteiger partial charge in [-0.15, -0.1) is 44.8 Å². The van der Waals surface area contributed by atoms with Crippen LogP contribution in [0.1, 0.15) is 52.0 Å². The third-order valence-electron chi connectivity index (χ3n) is 22.9. The minimum atomic E-state index is -4.57. The fourth-order valence-corrected chi connectivity index (χ4v) is 18.0. The second-order valence-corrected chi connectivity index (χ2v) is 29.3. The quantitative estimate of drug-likeness (QED) is 0.0820. The molecule has 0 amide bonds. The zero-order valence-electron chi connectivity index (χ0n) is 61.1. The van der Waals surface area contributed by atoms with E-state index in [-0.39, 0.29) is 31.6 Å². The second kappa shape index (κ2) is 27.3. The van der Waals surface area contributed by atoms with Crippen LogP contribution in [-0.4, -0.2) is 24.2 Å². The van der Waals surface area contributed by atoms with Crippen molar-refractivity contribution in [2.75, 3.05) is 0 Å². The third kappa shape index (κ3) is 11.1. The molecule has 0 aliphatic heterocycles. The van der Waals surface area contributed by atoms with Crippen LogP contribution in [-0.2, 0) is 39.1 Å². The Bertz CT molecular complexity index is 6950. The Labute approximate surface area is 667 Å². The first-order valence-electron chi connectivity index (χ1n) is 38.1. The van der Waals surface area contributed by atoms with Gasteiger partial charge in [-0.25, -0.2) is 0 Å². The number of allylic oxidation sites excluding steroid dienone is 6. The van der Waals surface area contributed by atoms with Gasteiger partial charge in [0.25, 0.3) is 12.7 Å². The molecule has 0 N–H and O–H groups in total. The predicted octanol–water partition coefficient (Wildman–Crippen LogP) is 23.7.